The molecule has 3 aromatic rings. The van der Waals surface area contributed by atoms with E-state index in [2.05, 4.69) is 19.9 Å². The first-order valence-corrected chi connectivity index (χ1v) is 14.4. The van der Waals surface area contributed by atoms with Crippen LogP contribution in [0.4, 0.5) is 11.6 Å². The summed E-state index contributed by atoms with van der Waals surface area (Å²) in [5.74, 6) is 0.274. The van der Waals surface area contributed by atoms with E-state index in [9.17, 15) is 14.7 Å². The van der Waals surface area contributed by atoms with E-state index in [0.29, 0.717) is 61.8 Å². The second-order valence-electron chi connectivity index (χ2n) is 10.7. The van der Waals surface area contributed by atoms with Gasteiger partial charge in [-0.05, 0) is 51.3 Å². The van der Waals surface area contributed by atoms with Gasteiger partial charge in [0.05, 0.1) is 30.1 Å². The first kappa shape index (κ1) is 30.3. The number of ether oxygens (including phenoxy) is 1. The van der Waals surface area contributed by atoms with Gasteiger partial charge in [0.15, 0.2) is 0 Å². The zero-order chi connectivity index (χ0) is 29.7. The lowest BCUT2D eigenvalue weighted by molar-refractivity contribution is -0.148. The van der Waals surface area contributed by atoms with Gasteiger partial charge in [-0.3, -0.25) is 14.6 Å². The van der Waals surface area contributed by atoms with Crippen molar-refractivity contribution in [1.29, 1.82) is 0 Å². The number of aromatic nitrogens is 4. The van der Waals surface area contributed by atoms with Crippen LogP contribution in [0.1, 0.15) is 53.0 Å². The van der Waals surface area contributed by atoms with Crippen molar-refractivity contribution in [3.8, 4) is 11.3 Å². The van der Waals surface area contributed by atoms with Gasteiger partial charge in [-0.1, -0.05) is 13.8 Å². The smallest absolute Gasteiger partial charge is 0.253 e. The fourth-order valence-corrected chi connectivity index (χ4v) is 5.30. The SMILES string of the molecule is CC.CC(=O)N(c1c(C)cnc2ccc(-c3cnc(N4CCOCC4)nc3)nc12)C1CCN(C(=O)C(C)(C)O)CC1. The molecular formula is C30H41N7O4. The summed E-state index contributed by atoms with van der Waals surface area (Å²) in [6.07, 6.45) is 6.50. The molecule has 3 aromatic heterocycles. The van der Waals surface area contributed by atoms with Crippen LogP contribution in [0.2, 0.25) is 0 Å². The number of aliphatic hydroxyl groups is 1. The Labute approximate surface area is 241 Å². The Hall–Kier alpha value is -3.70. The van der Waals surface area contributed by atoms with Crippen LogP contribution in [-0.4, -0.2) is 92.8 Å². The standard InChI is InChI=1S/C28H35N7O4.C2H6/c1-18-15-29-23-6-5-22(20-16-30-27(31-17-20)34-11-13-39-14-12-34)32-24(23)25(18)35(19(2)36)21-7-9-33(10-8-21)26(37)28(3,4)38;1-2/h5-6,15-17,21,38H,7-14H2,1-4H3;1-2H3. The Morgan fingerprint density at radius 2 is 1.63 bits per heavy atom. The van der Waals surface area contributed by atoms with Crippen molar-refractivity contribution in [1.82, 2.24) is 24.8 Å². The highest BCUT2D eigenvalue weighted by Crippen LogP contribution is 2.34. The third-order valence-electron chi connectivity index (χ3n) is 7.32. The molecule has 0 aliphatic carbocycles. The molecule has 1 N–H and O–H groups in total. The molecule has 0 bridgehead atoms. The molecule has 11 nitrogen and oxygen atoms in total. The van der Waals surface area contributed by atoms with Crippen LogP contribution in [0.3, 0.4) is 0 Å². The summed E-state index contributed by atoms with van der Waals surface area (Å²) in [6, 6.07) is 3.68. The summed E-state index contributed by atoms with van der Waals surface area (Å²) < 4.78 is 5.42. The van der Waals surface area contributed by atoms with Crippen molar-refractivity contribution >= 4 is 34.5 Å². The fourth-order valence-electron chi connectivity index (χ4n) is 5.30. The van der Waals surface area contributed by atoms with Crippen LogP contribution in [0.25, 0.3) is 22.3 Å². The molecule has 2 amide bonds. The van der Waals surface area contributed by atoms with E-state index in [1.54, 1.807) is 35.3 Å². The van der Waals surface area contributed by atoms with Gasteiger partial charge in [-0.15, -0.1) is 0 Å². The molecule has 41 heavy (non-hydrogen) atoms. The van der Waals surface area contributed by atoms with Crippen LogP contribution in [0.5, 0.6) is 0 Å². The maximum absolute atomic E-state index is 13.1. The number of amides is 2. The van der Waals surface area contributed by atoms with E-state index in [1.807, 2.05) is 32.9 Å². The minimum absolute atomic E-state index is 0.0942. The molecule has 2 fully saturated rings. The van der Waals surface area contributed by atoms with Crippen molar-refractivity contribution in [2.45, 2.75) is 66.0 Å². The van der Waals surface area contributed by atoms with Crippen LogP contribution < -0.4 is 9.80 Å². The molecule has 0 saturated carbocycles. The van der Waals surface area contributed by atoms with Gasteiger partial charge in [0.1, 0.15) is 11.1 Å². The van der Waals surface area contributed by atoms with Gasteiger partial charge in [0, 0.05) is 63.3 Å². The number of piperidine rings is 1. The largest absolute Gasteiger partial charge is 0.381 e. The Balaban J connectivity index is 0.00000189. The summed E-state index contributed by atoms with van der Waals surface area (Å²) in [6.45, 7) is 14.3. The van der Waals surface area contributed by atoms with E-state index < -0.39 is 5.60 Å². The first-order valence-electron chi connectivity index (χ1n) is 14.4. The average Bonchev–Trinajstić information content (AvgIpc) is 2.99. The predicted octanol–water partition coefficient (Wildman–Crippen LogP) is 3.37. The topological polar surface area (TPSA) is 125 Å². The number of rotatable bonds is 5. The molecule has 0 unspecified atom stereocenters. The first-order chi connectivity index (χ1) is 19.6. The van der Waals surface area contributed by atoms with Crippen LogP contribution >= 0.6 is 0 Å². The molecule has 220 valence electrons. The Morgan fingerprint density at radius 3 is 2.22 bits per heavy atom. The monoisotopic (exact) mass is 563 g/mol. The van der Waals surface area contributed by atoms with Gasteiger partial charge in [-0.25, -0.2) is 15.0 Å². The Morgan fingerprint density at radius 1 is 1.00 bits per heavy atom. The number of carbonyl (C=O) groups excluding carboxylic acids is 2. The number of fused-ring (bicyclic) bond motifs is 1. The van der Waals surface area contributed by atoms with Crippen molar-refractivity contribution in [3.63, 3.8) is 0 Å². The molecule has 0 atom stereocenters. The summed E-state index contributed by atoms with van der Waals surface area (Å²) in [5.41, 5.74) is 2.94. The highest BCUT2D eigenvalue weighted by atomic mass is 16.5. The molecule has 5 heterocycles. The molecule has 11 heteroatoms. The van der Waals surface area contributed by atoms with E-state index in [-0.39, 0.29) is 17.9 Å². The minimum atomic E-state index is -1.42. The lowest BCUT2D eigenvalue weighted by Crippen LogP contribution is -2.52. The molecule has 0 aromatic carbocycles. The zero-order valence-electron chi connectivity index (χ0n) is 24.9. The Bertz CT molecular complexity index is 1360. The molecule has 2 saturated heterocycles. The lowest BCUT2D eigenvalue weighted by Gasteiger charge is -2.40. The van der Waals surface area contributed by atoms with Crippen molar-refractivity contribution < 1.29 is 19.4 Å². The number of carbonyl (C=O) groups is 2. The molecule has 5 rings (SSSR count). The van der Waals surface area contributed by atoms with Gasteiger partial charge in [0.2, 0.25) is 11.9 Å². The van der Waals surface area contributed by atoms with E-state index in [0.717, 1.165) is 29.9 Å². The lowest BCUT2D eigenvalue weighted by atomic mass is 9.98. The van der Waals surface area contributed by atoms with Gasteiger partial charge in [0.25, 0.3) is 5.91 Å². The summed E-state index contributed by atoms with van der Waals surface area (Å²) in [7, 11) is 0. The third-order valence-corrected chi connectivity index (χ3v) is 7.32. The molecular weight excluding hydrogens is 522 g/mol. The average molecular weight is 564 g/mol. The van der Waals surface area contributed by atoms with Crippen LogP contribution in [0.15, 0.2) is 30.7 Å². The minimum Gasteiger partial charge on any atom is -0.381 e. The number of hydrogen-bond acceptors (Lipinski definition) is 9. The highest BCUT2D eigenvalue weighted by Gasteiger charge is 2.35. The number of pyridine rings is 2. The van der Waals surface area contributed by atoms with Crippen LogP contribution in [0, 0.1) is 6.92 Å². The number of nitrogens with zero attached hydrogens (tertiary/aromatic N) is 7. The summed E-state index contributed by atoms with van der Waals surface area (Å²) in [4.78, 5) is 49.9. The second kappa shape index (κ2) is 12.9. The fraction of sp³-hybridized carbons (Fsp3) is 0.533. The molecule has 2 aliphatic rings. The molecule has 2 aliphatic heterocycles. The predicted molar refractivity (Wildman–Crippen MR) is 159 cm³/mol. The second-order valence-corrected chi connectivity index (χ2v) is 10.7. The maximum atomic E-state index is 13.1. The van der Waals surface area contributed by atoms with Gasteiger partial charge in [-0.2, -0.15) is 0 Å². The number of likely N-dealkylation sites (tertiary alicyclic amines) is 1. The highest BCUT2D eigenvalue weighted by molar-refractivity contribution is 6.02. The molecule has 0 radical (unpaired) electrons. The van der Waals surface area contributed by atoms with E-state index in [4.69, 9.17) is 9.72 Å². The van der Waals surface area contributed by atoms with Crippen molar-refractivity contribution in [3.05, 3.63) is 36.3 Å². The number of hydrogen-bond donors (Lipinski definition) is 1. The van der Waals surface area contributed by atoms with Gasteiger partial charge >= 0.3 is 0 Å². The van der Waals surface area contributed by atoms with E-state index >= 15 is 0 Å². The maximum Gasteiger partial charge on any atom is 0.253 e. The summed E-state index contributed by atoms with van der Waals surface area (Å²) in [5, 5.41) is 10.1. The molecule has 0 spiro atoms. The number of morpholine rings is 1. The van der Waals surface area contributed by atoms with Gasteiger partial charge < -0.3 is 24.5 Å². The normalized spacial score (nSPS) is 16.3. The Kier molecular flexibility index (Phi) is 9.49. The number of aryl methyl sites for hydroxylation is 1. The summed E-state index contributed by atoms with van der Waals surface area (Å²) >= 11 is 0. The van der Waals surface area contributed by atoms with Crippen molar-refractivity contribution in [2.24, 2.45) is 0 Å². The quantitative estimate of drug-likeness (QED) is 0.497. The van der Waals surface area contributed by atoms with Crippen molar-refractivity contribution in [2.75, 3.05) is 49.2 Å². The van der Waals surface area contributed by atoms with E-state index in [1.165, 1.54) is 13.8 Å². The third kappa shape index (κ3) is 6.62. The number of anilines is 2. The van der Waals surface area contributed by atoms with Crippen LogP contribution in [-0.2, 0) is 14.3 Å². The zero-order valence-corrected chi connectivity index (χ0v) is 24.9.